The molecule has 1 amide bonds. The van der Waals surface area contributed by atoms with Crippen LogP contribution >= 0.6 is 11.6 Å². The molecule has 0 radical (unpaired) electrons. The average molecular weight is 272 g/mol. The van der Waals surface area contributed by atoms with Crippen molar-refractivity contribution in [3.05, 3.63) is 58.6 Å². The molecular weight excluding hydrogens is 262 g/mol. The van der Waals surface area contributed by atoms with Crippen molar-refractivity contribution in [2.75, 3.05) is 11.1 Å². The van der Waals surface area contributed by atoms with Crippen LogP contribution in [0.3, 0.4) is 0 Å². The highest BCUT2D eigenvalue weighted by Crippen LogP contribution is 2.23. The summed E-state index contributed by atoms with van der Waals surface area (Å²) in [4.78, 5) is 12.0. The minimum Gasteiger partial charge on any atom is -0.397 e. The fourth-order valence-electron chi connectivity index (χ4n) is 1.56. The zero-order chi connectivity index (χ0) is 13.8. The van der Waals surface area contributed by atoms with Crippen LogP contribution in [0, 0.1) is 11.3 Å². The molecule has 0 saturated carbocycles. The van der Waals surface area contributed by atoms with Crippen LogP contribution in [0.4, 0.5) is 11.4 Å². The average Bonchev–Trinajstić information content (AvgIpc) is 2.42. The second-order valence-electron chi connectivity index (χ2n) is 3.84. The fourth-order valence-corrected chi connectivity index (χ4v) is 1.74. The van der Waals surface area contributed by atoms with E-state index >= 15 is 0 Å². The lowest BCUT2D eigenvalue weighted by Gasteiger charge is -2.08. The van der Waals surface area contributed by atoms with Crippen molar-refractivity contribution in [3.63, 3.8) is 0 Å². The van der Waals surface area contributed by atoms with Gasteiger partial charge in [-0.05, 0) is 36.4 Å². The molecule has 2 aromatic rings. The number of amides is 1. The molecule has 0 fully saturated rings. The Hall–Kier alpha value is -2.51. The van der Waals surface area contributed by atoms with E-state index < -0.39 is 0 Å². The van der Waals surface area contributed by atoms with Crippen molar-refractivity contribution in [1.82, 2.24) is 0 Å². The normalized spacial score (nSPS) is 9.68. The summed E-state index contributed by atoms with van der Waals surface area (Å²) in [6.45, 7) is 0. The Morgan fingerprint density at radius 2 is 1.89 bits per heavy atom. The number of nitrogens with one attached hydrogen (secondary N) is 1. The minimum atomic E-state index is -0.343. The summed E-state index contributed by atoms with van der Waals surface area (Å²) in [5.74, 6) is -0.343. The Balaban J connectivity index is 2.21. The van der Waals surface area contributed by atoms with Gasteiger partial charge in [0, 0.05) is 5.69 Å². The number of nitrogen functional groups attached to an aromatic ring is 1. The number of anilines is 2. The molecule has 5 heteroatoms. The lowest BCUT2D eigenvalue weighted by molar-refractivity contribution is 0.102. The van der Waals surface area contributed by atoms with E-state index in [1.165, 1.54) is 0 Å². The van der Waals surface area contributed by atoms with Gasteiger partial charge in [-0.1, -0.05) is 17.7 Å². The molecule has 3 N–H and O–H groups in total. The zero-order valence-electron chi connectivity index (χ0n) is 9.85. The number of rotatable bonds is 2. The summed E-state index contributed by atoms with van der Waals surface area (Å²) in [5.41, 5.74) is 7.42. The summed E-state index contributed by atoms with van der Waals surface area (Å²) in [6.07, 6.45) is 0. The van der Waals surface area contributed by atoms with Crippen molar-refractivity contribution in [2.24, 2.45) is 0 Å². The van der Waals surface area contributed by atoms with Gasteiger partial charge in [0.05, 0.1) is 27.9 Å². The van der Waals surface area contributed by atoms with Crippen LogP contribution in [0.5, 0.6) is 0 Å². The molecule has 0 bridgehead atoms. The smallest absolute Gasteiger partial charge is 0.257 e. The van der Waals surface area contributed by atoms with E-state index in [0.29, 0.717) is 21.8 Å². The first-order chi connectivity index (χ1) is 9.11. The van der Waals surface area contributed by atoms with Crippen LogP contribution in [0.15, 0.2) is 42.5 Å². The Labute approximate surface area is 115 Å². The number of para-hydroxylation sites is 1. The van der Waals surface area contributed by atoms with Crippen LogP contribution in [0.2, 0.25) is 5.02 Å². The SMILES string of the molecule is N#Cc1ccc(NC(=O)c2cccc(Cl)c2N)cc1. The molecule has 0 aliphatic rings. The van der Waals surface area contributed by atoms with Gasteiger partial charge in [-0.3, -0.25) is 4.79 Å². The zero-order valence-corrected chi connectivity index (χ0v) is 10.6. The van der Waals surface area contributed by atoms with Gasteiger partial charge in [0.15, 0.2) is 0 Å². The van der Waals surface area contributed by atoms with Gasteiger partial charge in [0.2, 0.25) is 0 Å². The summed E-state index contributed by atoms with van der Waals surface area (Å²) < 4.78 is 0. The summed E-state index contributed by atoms with van der Waals surface area (Å²) in [7, 11) is 0. The maximum atomic E-state index is 12.0. The first kappa shape index (κ1) is 12.9. The van der Waals surface area contributed by atoms with Crippen LogP contribution in [-0.4, -0.2) is 5.91 Å². The molecule has 94 valence electrons. The molecule has 0 aromatic heterocycles. The van der Waals surface area contributed by atoms with Crippen LogP contribution < -0.4 is 11.1 Å². The molecule has 0 heterocycles. The molecule has 0 saturated heterocycles. The molecule has 2 rings (SSSR count). The Kier molecular flexibility index (Phi) is 3.69. The van der Waals surface area contributed by atoms with Crippen LogP contribution in [-0.2, 0) is 0 Å². The second-order valence-corrected chi connectivity index (χ2v) is 4.25. The maximum absolute atomic E-state index is 12.0. The number of carbonyl (C=O) groups excluding carboxylic acids is 1. The first-order valence-electron chi connectivity index (χ1n) is 5.47. The summed E-state index contributed by atoms with van der Waals surface area (Å²) >= 11 is 5.86. The predicted octanol–water partition coefficient (Wildman–Crippen LogP) is 3.05. The van der Waals surface area contributed by atoms with Gasteiger partial charge in [0.1, 0.15) is 0 Å². The van der Waals surface area contributed by atoms with Crippen molar-refractivity contribution < 1.29 is 4.79 Å². The second kappa shape index (κ2) is 5.42. The number of hydrogen-bond donors (Lipinski definition) is 2. The van der Waals surface area contributed by atoms with E-state index in [1.54, 1.807) is 42.5 Å². The number of halogens is 1. The summed E-state index contributed by atoms with van der Waals surface area (Å²) in [6, 6.07) is 13.4. The van der Waals surface area contributed by atoms with Crippen molar-refractivity contribution in [1.29, 1.82) is 5.26 Å². The van der Waals surface area contributed by atoms with Crippen molar-refractivity contribution >= 4 is 28.9 Å². The number of nitrogens with zero attached hydrogens (tertiary/aromatic N) is 1. The molecule has 0 unspecified atom stereocenters. The number of carbonyl (C=O) groups is 1. The van der Waals surface area contributed by atoms with Gasteiger partial charge in [0.25, 0.3) is 5.91 Å². The van der Waals surface area contributed by atoms with Gasteiger partial charge in [-0.2, -0.15) is 5.26 Å². The molecule has 0 spiro atoms. The highest BCUT2D eigenvalue weighted by Gasteiger charge is 2.11. The van der Waals surface area contributed by atoms with E-state index in [-0.39, 0.29) is 11.6 Å². The Morgan fingerprint density at radius 3 is 2.53 bits per heavy atom. The highest BCUT2D eigenvalue weighted by atomic mass is 35.5. The van der Waals surface area contributed by atoms with Gasteiger partial charge in [-0.15, -0.1) is 0 Å². The third kappa shape index (κ3) is 2.84. The van der Waals surface area contributed by atoms with E-state index in [2.05, 4.69) is 5.32 Å². The van der Waals surface area contributed by atoms with E-state index in [4.69, 9.17) is 22.6 Å². The molecule has 4 nitrogen and oxygen atoms in total. The minimum absolute atomic E-state index is 0.246. The molecule has 2 aromatic carbocycles. The van der Waals surface area contributed by atoms with Gasteiger partial charge in [-0.25, -0.2) is 0 Å². The monoisotopic (exact) mass is 271 g/mol. The van der Waals surface area contributed by atoms with Gasteiger partial charge >= 0.3 is 0 Å². The topological polar surface area (TPSA) is 78.9 Å². The highest BCUT2D eigenvalue weighted by molar-refractivity contribution is 6.34. The Morgan fingerprint density at radius 1 is 1.21 bits per heavy atom. The third-order valence-electron chi connectivity index (χ3n) is 2.57. The third-order valence-corrected chi connectivity index (χ3v) is 2.90. The van der Waals surface area contributed by atoms with Gasteiger partial charge < -0.3 is 11.1 Å². The molecule has 0 aliphatic heterocycles. The number of hydrogen-bond acceptors (Lipinski definition) is 3. The van der Waals surface area contributed by atoms with Crippen molar-refractivity contribution in [3.8, 4) is 6.07 Å². The fraction of sp³-hybridized carbons (Fsp3) is 0. The quantitative estimate of drug-likeness (QED) is 0.824. The maximum Gasteiger partial charge on any atom is 0.257 e. The summed E-state index contributed by atoms with van der Waals surface area (Å²) in [5, 5.41) is 11.7. The van der Waals surface area contributed by atoms with Crippen LogP contribution in [0.25, 0.3) is 0 Å². The lowest BCUT2D eigenvalue weighted by atomic mass is 10.1. The first-order valence-corrected chi connectivity index (χ1v) is 5.85. The Bertz CT molecular complexity index is 659. The lowest BCUT2D eigenvalue weighted by Crippen LogP contribution is -2.14. The predicted molar refractivity (Wildman–Crippen MR) is 75.0 cm³/mol. The largest absolute Gasteiger partial charge is 0.397 e. The number of benzene rings is 2. The van der Waals surface area contributed by atoms with E-state index in [0.717, 1.165) is 0 Å². The standard InChI is InChI=1S/C14H10ClN3O/c15-12-3-1-2-11(13(12)17)14(19)18-10-6-4-9(8-16)5-7-10/h1-7H,17H2,(H,18,19). The number of nitriles is 1. The molecule has 19 heavy (non-hydrogen) atoms. The molecule has 0 atom stereocenters. The molecule has 0 aliphatic carbocycles. The van der Waals surface area contributed by atoms with E-state index in [9.17, 15) is 4.79 Å². The van der Waals surface area contributed by atoms with Crippen molar-refractivity contribution in [2.45, 2.75) is 0 Å². The van der Waals surface area contributed by atoms with Crippen LogP contribution in [0.1, 0.15) is 15.9 Å². The number of nitrogens with two attached hydrogens (primary N) is 1. The van der Waals surface area contributed by atoms with E-state index in [1.807, 2.05) is 6.07 Å². The molecular formula is C14H10ClN3O.